The molecule has 2 rings (SSSR count). The van der Waals surface area contributed by atoms with E-state index >= 15 is 0 Å². The minimum atomic E-state index is 0. The van der Waals surface area contributed by atoms with Crippen LogP contribution in [0.1, 0.15) is 11.3 Å². The molecule has 0 radical (unpaired) electrons. The van der Waals surface area contributed by atoms with Crippen LogP contribution in [0.3, 0.4) is 0 Å². The van der Waals surface area contributed by atoms with Crippen LogP contribution >= 0.6 is 0 Å². The predicted molar refractivity (Wildman–Crippen MR) is 75.3 cm³/mol. The van der Waals surface area contributed by atoms with Crippen LogP contribution in [0.15, 0.2) is 34.9 Å². The number of rotatable bonds is 7. The fourth-order valence-electron chi connectivity index (χ4n) is 2.04. The molecule has 0 amide bonds. The number of hydrogen-bond acceptors (Lipinski definition) is 5. The molecule has 0 atom stereocenters. The summed E-state index contributed by atoms with van der Waals surface area (Å²) in [6.07, 6.45) is 1.66. The van der Waals surface area contributed by atoms with Gasteiger partial charge in [-0.2, -0.15) is 0 Å². The molecule has 5 nitrogen and oxygen atoms in total. The Kier molecular flexibility index (Phi) is 6.91. The average molecular weight is 313 g/mol. The van der Waals surface area contributed by atoms with Gasteiger partial charge in [-0.25, -0.2) is 0 Å². The topological polar surface area (TPSA) is 52.9 Å². The second-order valence-corrected chi connectivity index (χ2v) is 4.18. The molecule has 1 aromatic heterocycles. The fourth-order valence-corrected chi connectivity index (χ4v) is 2.04. The monoisotopic (exact) mass is 312 g/mol. The first-order chi connectivity index (χ1) is 9.80. The first kappa shape index (κ1) is 17.2. The Labute approximate surface area is 130 Å². The lowest BCUT2D eigenvalue weighted by Crippen LogP contribution is -3.00. The number of methoxy groups -OCH3 is 3. The highest BCUT2D eigenvalue weighted by Crippen LogP contribution is 2.39. The summed E-state index contributed by atoms with van der Waals surface area (Å²) >= 11 is 0. The number of hydrogen-bond donors (Lipinski definition) is 1. The van der Waals surface area contributed by atoms with Crippen LogP contribution in [0, 0.1) is 0 Å². The van der Waals surface area contributed by atoms with Crippen LogP contribution in [-0.4, -0.2) is 21.3 Å². The number of benzene rings is 1. The van der Waals surface area contributed by atoms with E-state index < -0.39 is 0 Å². The summed E-state index contributed by atoms with van der Waals surface area (Å²) < 4.78 is 21.3. The Hall–Kier alpha value is -1.85. The largest absolute Gasteiger partial charge is 1.00 e. The molecular formula is C15H19ClNO4-. The molecule has 2 aromatic rings. The third-order valence-electron chi connectivity index (χ3n) is 2.98. The number of nitrogens with one attached hydrogen (secondary N) is 1. The van der Waals surface area contributed by atoms with Gasteiger partial charge in [0.05, 0.1) is 34.1 Å². The van der Waals surface area contributed by atoms with E-state index in [9.17, 15) is 0 Å². The molecule has 0 saturated heterocycles. The summed E-state index contributed by atoms with van der Waals surface area (Å²) in [6.45, 7) is 1.30. The molecule has 0 unspecified atom stereocenters. The third kappa shape index (κ3) is 4.06. The van der Waals surface area contributed by atoms with Crippen molar-refractivity contribution in [2.24, 2.45) is 0 Å². The standard InChI is InChI=1S/C15H19NO4.ClH/c1-17-13-7-6-11(14(18-2)15(13)19-3)9-16-10-12-5-4-8-20-12;/h4-8,16H,9-10H2,1-3H3;1H/p-1. The number of furan rings is 1. The number of halogens is 1. The smallest absolute Gasteiger partial charge is 0.203 e. The number of ether oxygens (including phenoxy) is 3. The van der Waals surface area contributed by atoms with Gasteiger partial charge in [-0.05, 0) is 18.2 Å². The second kappa shape index (κ2) is 8.44. The molecule has 0 saturated carbocycles. The van der Waals surface area contributed by atoms with Gasteiger partial charge < -0.3 is 36.4 Å². The molecule has 6 heteroatoms. The SMILES string of the molecule is COc1ccc(CNCc2ccco2)c(OC)c1OC.[Cl-]. The lowest BCUT2D eigenvalue weighted by atomic mass is 10.1. The molecule has 1 heterocycles. The van der Waals surface area contributed by atoms with Gasteiger partial charge in [0.2, 0.25) is 5.75 Å². The van der Waals surface area contributed by atoms with Crippen LogP contribution in [0.2, 0.25) is 0 Å². The average Bonchev–Trinajstić information content (AvgIpc) is 2.99. The Bertz CT molecular complexity index is 543. The zero-order valence-electron chi connectivity index (χ0n) is 12.3. The Morgan fingerprint density at radius 1 is 0.952 bits per heavy atom. The lowest BCUT2D eigenvalue weighted by molar-refractivity contribution is -0.00000540. The first-order valence-electron chi connectivity index (χ1n) is 6.31. The van der Waals surface area contributed by atoms with Crippen molar-refractivity contribution in [2.75, 3.05) is 21.3 Å². The van der Waals surface area contributed by atoms with E-state index in [1.54, 1.807) is 27.6 Å². The van der Waals surface area contributed by atoms with E-state index in [2.05, 4.69) is 5.32 Å². The molecule has 0 aliphatic carbocycles. The van der Waals surface area contributed by atoms with Crippen molar-refractivity contribution < 1.29 is 31.0 Å². The maximum atomic E-state index is 5.43. The molecule has 0 aliphatic rings. The summed E-state index contributed by atoms with van der Waals surface area (Å²) in [5.74, 6) is 2.83. The van der Waals surface area contributed by atoms with Crippen LogP contribution in [-0.2, 0) is 13.1 Å². The van der Waals surface area contributed by atoms with Gasteiger partial charge in [0.25, 0.3) is 0 Å². The molecule has 0 fully saturated rings. The minimum absolute atomic E-state index is 0. The van der Waals surface area contributed by atoms with Crippen LogP contribution in [0.4, 0.5) is 0 Å². The summed E-state index contributed by atoms with van der Waals surface area (Å²) in [4.78, 5) is 0. The van der Waals surface area contributed by atoms with Gasteiger partial charge in [-0.1, -0.05) is 6.07 Å². The summed E-state index contributed by atoms with van der Waals surface area (Å²) in [7, 11) is 4.82. The van der Waals surface area contributed by atoms with Crippen molar-refractivity contribution in [2.45, 2.75) is 13.1 Å². The molecule has 1 aromatic carbocycles. The van der Waals surface area contributed by atoms with E-state index in [0.29, 0.717) is 30.3 Å². The third-order valence-corrected chi connectivity index (χ3v) is 2.98. The van der Waals surface area contributed by atoms with Crippen molar-refractivity contribution in [1.29, 1.82) is 0 Å². The molecule has 0 bridgehead atoms. The predicted octanol–water partition coefficient (Wildman–Crippen LogP) is -0.401. The van der Waals surface area contributed by atoms with Gasteiger partial charge in [-0.15, -0.1) is 0 Å². The fraction of sp³-hybridized carbons (Fsp3) is 0.333. The van der Waals surface area contributed by atoms with Crippen molar-refractivity contribution in [3.8, 4) is 17.2 Å². The van der Waals surface area contributed by atoms with E-state index in [1.165, 1.54) is 0 Å². The van der Waals surface area contributed by atoms with Gasteiger partial charge in [0.1, 0.15) is 5.76 Å². The van der Waals surface area contributed by atoms with E-state index in [4.69, 9.17) is 18.6 Å². The Morgan fingerprint density at radius 2 is 1.71 bits per heavy atom. The van der Waals surface area contributed by atoms with Crippen LogP contribution < -0.4 is 31.9 Å². The molecule has 21 heavy (non-hydrogen) atoms. The molecular weight excluding hydrogens is 294 g/mol. The van der Waals surface area contributed by atoms with E-state index in [1.807, 2.05) is 24.3 Å². The van der Waals surface area contributed by atoms with Crippen molar-refractivity contribution in [3.05, 3.63) is 41.9 Å². The quantitative estimate of drug-likeness (QED) is 0.754. The van der Waals surface area contributed by atoms with Gasteiger partial charge in [-0.3, -0.25) is 0 Å². The van der Waals surface area contributed by atoms with Crippen LogP contribution in [0.25, 0.3) is 0 Å². The van der Waals surface area contributed by atoms with Crippen molar-refractivity contribution in [1.82, 2.24) is 5.32 Å². The highest BCUT2D eigenvalue weighted by molar-refractivity contribution is 5.55. The summed E-state index contributed by atoms with van der Waals surface area (Å²) in [5, 5.41) is 3.30. The zero-order chi connectivity index (χ0) is 14.4. The molecule has 116 valence electrons. The molecule has 1 N–H and O–H groups in total. The molecule has 0 spiro atoms. The first-order valence-corrected chi connectivity index (χ1v) is 6.31. The lowest BCUT2D eigenvalue weighted by Gasteiger charge is -2.15. The maximum Gasteiger partial charge on any atom is 0.203 e. The minimum Gasteiger partial charge on any atom is -1.00 e. The summed E-state index contributed by atoms with van der Waals surface area (Å²) in [5.41, 5.74) is 0.997. The zero-order valence-corrected chi connectivity index (χ0v) is 13.1. The second-order valence-electron chi connectivity index (χ2n) is 4.18. The van der Waals surface area contributed by atoms with Gasteiger partial charge >= 0.3 is 0 Å². The normalized spacial score (nSPS) is 9.86. The van der Waals surface area contributed by atoms with Gasteiger partial charge in [0, 0.05) is 12.1 Å². The maximum absolute atomic E-state index is 5.43. The van der Waals surface area contributed by atoms with E-state index in [-0.39, 0.29) is 12.4 Å². The van der Waals surface area contributed by atoms with Gasteiger partial charge in [0.15, 0.2) is 11.5 Å². The van der Waals surface area contributed by atoms with Crippen molar-refractivity contribution in [3.63, 3.8) is 0 Å². The Balaban J connectivity index is 0.00000220. The summed E-state index contributed by atoms with van der Waals surface area (Å²) in [6, 6.07) is 7.62. The highest BCUT2D eigenvalue weighted by Gasteiger charge is 2.15. The van der Waals surface area contributed by atoms with Crippen molar-refractivity contribution >= 4 is 0 Å². The highest BCUT2D eigenvalue weighted by atomic mass is 35.5. The molecule has 0 aliphatic heterocycles. The van der Waals surface area contributed by atoms with Crippen LogP contribution in [0.5, 0.6) is 17.2 Å². The van der Waals surface area contributed by atoms with E-state index in [0.717, 1.165) is 11.3 Å². The Morgan fingerprint density at radius 3 is 2.29 bits per heavy atom.